The van der Waals surface area contributed by atoms with Gasteiger partial charge in [0.15, 0.2) is 5.78 Å². The predicted octanol–water partition coefficient (Wildman–Crippen LogP) is 9.31. The zero-order valence-electron chi connectivity index (χ0n) is 30.4. The summed E-state index contributed by atoms with van der Waals surface area (Å²) in [6, 6.07) is 30.9. The lowest BCUT2D eigenvalue weighted by molar-refractivity contribution is -0.137. The molecule has 2 N–H and O–H groups in total. The molecule has 3 aromatic heterocycles. The molecule has 0 saturated heterocycles. The fourth-order valence-electron chi connectivity index (χ4n) is 6.71. The number of pyridine rings is 2. The molecule has 0 aliphatic rings. The first-order chi connectivity index (χ1) is 26.7. The number of Topliss-reactive ketones (excluding diaryl/α,β-unsaturated/α-hetero) is 1. The van der Waals surface area contributed by atoms with Crippen molar-refractivity contribution < 1.29 is 27.4 Å². The van der Waals surface area contributed by atoms with Crippen LogP contribution in [-0.4, -0.2) is 58.3 Å². The van der Waals surface area contributed by atoms with Gasteiger partial charge in [-0.1, -0.05) is 48.5 Å². The van der Waals surface area contributed by atoms with Crippen molar-refractivity contribution in [2.75, 3.05) is 33.0 Å². The highest BCUT2D eigenvalue weighted by Gasteiger charge is 2.32. The molecule has 0 radical (unpaired) electrons. The number of nitrogens with two attached hydrogens (primary N) is 1. The quantitative estimate of drug-likeness (QED) is 0.0825. The number of ether oxygens (including phenoxy) is 2. The Labute approximate surface area is 316 Å². The van der Waals surface area contributed by atoms with Crippen LogP contribution in [0.3, 0.4) is 0 Å². The van der Waals surface area contributed by atoms with Gasteiger partial charge in [0.25, 0.3) is 0 Å². The smallest absolute Gasteiger partial charge is 0.379 e. The van der Waals surface area contributed by atoms with Crippen molar-refractivity contribution in [1.29, 1.82) is 0 Å². The SMILES string of the molecule is Cc1cc(-c2nc(-c3ccc4ncccc4c3)c(-c3ccc4ncccc4c3)n2Cc2ccc(C(=O)CCCOCCOCCN)cc2)cc(C(F)(F)F)c1. The van der Waals surface area contributed by atoms with E-state index in [1.165, 1.54) is 0 Å². The monoisotopic (exact) mass is 743 g/mol. The summed E-state index contributed by atoms with van der Waals surface area (Å²) in [6.45, 7) is 4.20. The first-order valence-corrected chi connectivity index (χ1v) is 18.2. The highest BCUT2D eigenvalue weighted by Crippen LogP contribution is 2.40. The van der Waals surface area contributed by atoms with Crippen molar-refractivity contribution in [1.82, 2.24) is 19.5 Å². The summed E-state index contributed by atoms with van der Waals surface area (Å²) in [5, 5.41) is 1.81. The Morgan fingerprint density at radius 1 is 0.745 bits per heavy atom. The van der Waals surface area contributed by atoms with Gasteiger partial charge < -0.3 is 19.8 Å². The number of aryl methyl sites for hydroxylation is 1. The van der Waals surface area contributed by atoms with Crippen LogP contribution >= 0.6 is 0 Å². The van der Waals surface area contributed by atoms with Gasteiger partial charge in [0, 0.05) is 71.5 Å². The van der Waals surface area contributed by atoms with Gasteiger partial charge in [-0.3, -0.25) is 14.8 Å². The van der Waals surface area contributed by atoms with Crippen LogP contribution in [0.25, 0.3) is 55.7 Å². The van der Waals surface area contributed by atoms with E-state index in [9.17, 15) is 18.0 Å². The predicted molar refractivity (Wildman–Crippen MR) is 209 cm³/mol. The van der Waals surface area contributed by atoms with Crippen LogP contribution in [0.15, 0.2) is 116 Å². The topological polar surface area (TPSA) is 105 Å². The van der Waals surface area contributed by atoms with E-state index in [0.29, 0.717) is 74.0 Å². The maximum absolute atomic E-state index is 14.2. The van der Waals surface area contributed by atoms with Crippen molar-refractivity contribution in [2.24, 2.45) is 5.73 Å². The molecule has 0 atom stereocenters. The molecule has 0 bridgehead atoms. The normalized spacial score (nSPS) is 11.8. The van der Waals surface area contributed by atoms with E-state index in [1.807, 2.05) is 77.4 Å². The van der Waals surface area contributed by atoms with Gasteiger partial charge in [0.1, 0.15) is 5.82 Å². The van der Waals surface area contributed by atoms with E-state index < -0.39 is 11.7 Å². The van der Waals surface area contributed by atoms with E-state index >= 15 is 0 Å². The molecule has 8 nitrogen and oxygen atoms in total. The average Bonchev–Trinajstić information content (AvgIpc) is 3.57. The third-order valence-corrected chi connectivity index (χ3v) is 9.33. The van der Waals surface area contributed by atoms with Crippen LogP contribution in [0.1, 0.15) is 39.9 Å². The van der Waals surface area contributed by atoms with E-state index in [1.54, 1.807) is 37.5 Å². The minimum atomic E-state index is -4.55. The zero-order valence-corrected chi connectivity index (χ0v) is 30.4. The number of imidazole rings is 1. The Morgan fingerprint density at radius 3 is 2.07 bits per heavy atom. The molecule has 0 spiro atoms. The molecule has 0 aliphatic carbocycles. The van der Waals surface area contributed by atoms with Crippen LogP contribution in [0.5, 0.6) is 0 Å². The lowest BCUT2D eigenvalue weighted by Gasteiger charge is -2.16. The summed E-state index contributed by atoms with van der Waals surface area (Å²) >= 11 is 0. The fraction of sp³-hybridized carbons (Fsp3) is 0.227. The number of fused-ring (bicyclic) bond motifs is 2. The van der Waals surface area contributed by atoms with Crippen LogP contribution in [0, 0.1) is 6.92 Å². The van der Waals surface area contributed by atoms with Crippen molar-refractivity contribution in [2.45, 2.75) is 32.5 Å². The standard InChI is InChI=1S/C44H40F3N5O3/c1-29-23-36(27-37(24-29)44(45,46)47)43-51-41(34-12-14-38-32(25-34)5-2-17-49-38)42(35-13-15-39-33(26-35)6-3-18-50-39)52(43)28-30-8-10-31(11-9-30)40(53)7-4-19-54-21-22-55-20-16-48/h2-3,5-6,8-15,17-18,23-27H,4,7,16,19-22,28,48H2,1H3. The van der Waals surface area contributed by atoms with Crippen LogP contribution in [-0.2, 0) is 22.2 Å². The van der Waals surface area contributed by atoms with E-state index in [4.69, 9.17) is 20.2 Å². The second kappa shape index (κ2) is 16.7. The summed E-state index contributed by atoms with van der Waals surface area (Å²) in [4.78, 5) is 27.2. The summed E-state index contributed by atoms with van der Waals surface area (Å²) in [5.41, 5.74) is 11.5. The van der Waals surface area contributed by atoms with Crippen LogP contribution in [0.2, 0.25) is 0 Å². The Balaban J connectivity index is 1.30. The van der Waals surface area contributed by atoms with Gasteiger partial charge in [-0.25, -0.2) is 4.98 Å². The molecule has 4 aromatic carbocycles. The third-order valence-electron chi connectivity index (χ3n) is 9.33. The zero-order chi connectivity index (χ0) is 38.4. The number of hydrogen-bond donors (Lipinski definition) is 1. The lowest BCUT2D eigenvalue weighted by atomic mass is 10.0. The number of benzene rings is 4. The summed E-state index contributed by atoms with van der Waals surface area (Å²) in [6.07, 6.45) is -0.179. The molecule has 0 amide bonds. The van der Waals surface area contributed by atoms with Gasteiger partial charge in [0.05, 0.1) is 47.8 Å². The molecule has 3 heterocycles. The van der Waals surface area contributed by atoms with Crippen LogP contribution < -0.4 is 5.73 Å². The molecule has 280 valence electrons. The van der Waals surface area contributed by atoms with Gasteiger partial charge in [-0.15, -0.1) is 0 Å². The summed E-state index contributed by atoms with van der Waals surface area (Å²) < 4.78 is 55.5. The molecule has 0 unspecified atom stereocenters. The minimum Gasteiger partial charge on any atom is -0.379 e. The number of ketones is 1. The third kappa shape index (κ3) is 8.81. The van der Waals surface area contributed by atoms with Gasteiger partial charge in [-0.2, -0.15) is 13.2 Å². The lowest BCUT2D eigenvalue weighted by Crippen LogP contribution is -2.12. The fourth-order valence-corrected chi connectivity index (χ4v) is 6.71. The van der Waals surface area contributed by atoms with Gasteiger partial charge in [0.2, 0.25) is 0 Å². The van der Waals surface area contributed by atoms with Crippen molar-refractivity contribution in [3.8, 4) is 33.9 Å². The molecule has 0 saturated carbocycles. The van der Waals surface area contributed by atoms with E-state index in [-0.39, 0.29) is 12.3 Å². The molecule has 7 aromatic rings. The van der Waals surface area contributed by atoms with Crippen molar-refractivity contribution in [3.63, 3.8) is 0 Å². The molecule has 0 aliphatic heterocycles. The number of rotatable bonds is 15. The molecular weight excluding hydrogens is 704 g/mol. The Kier molecular flexibility index (Phi) is 11.4. The number of nitrogens with zero attached hydrogens (tertiary/aromatic N) is 4. The Morgan fingerprint density at radius 2 is 1.40 bits per heavy atom. The van der Waals surface area contributed by atoms with Crippen LogP contribution in [0.4, 0.5) is 13.2 Å². The van der Waals surface area contributed by atoms with E-state index in [2.05, 4.69) is 9.97 Å². The van der Waals surface area contributed by atoms with Gasteiger partial charge >= 0.3 is 6.18 Å². The Hall–Kier alpha value is -5.75. The number of hydrogen-bond acceptors (Lipinski definition) is 7. The van der Waals surface area contributed by atoms with E-state index in [0.717, 1.165) is 56.3 Å². The molecular formula is C44H40F3N5O3. The van der Waals surface area contributed by atoms with Gasteiger partial charge in [-0.05, 0) is 79.1 Å². The second-order valence-electron chi connectivity index (χ2n) is 13.4. The largest absolute Gasteiger partial charge is 0.416 e. The maximum Gasteiger partial charge on any atom is 0.416 e. The summed E-state index contributed by atoms with van der Waals surface area (Å²) in [5.74, 6) is 0.376. The van der Waals surface area contributed by atoms with Crippen molar-refractivity contribution >= 4 is 27.6 Å². The van der Waals surface area contributed by atoms with Crippen molar-refractivity contribution in [3.05, 3.63) is 138 Å². The molecule has 7 rings (SSSR count). The number of halogens is 3. The number of alkyl halides is 3. The second-order valence-corrected chi connectivity index (χ2v) is 13.4. The number of carbonyl (C=O) groups is 1. The average molecular weight is 744 g/mol. The molecule has 0 fully saturated rings. The first kappa shape index (κ1) is 37.6. The minimum absolute atomic E-state index is 0.00386. The molecule has 55 heavy (non-hydrogen) atoms. The number of carbonyl (C=O) groups excluding carboxylic acids is 1. The first-order valence-electron chi connectivity index (χ1n) is 18.2. The highest BCUT2D eigenvalue weighted by molar-refractivity contribution is 5.96. The Bertz CT molecular complexity index is 2440. The number of aromatic nitrogens is 4. The highest BCUT2D eigenvalue weighted by atomic mass is 19.4. The maximum atomic E-state index is 14.2. The molecule has 11 heteroatoms. The summed E-state index contributed by atoms with van der Waals surface area (Å²) in [7, 11) is 0.